The molecule has 1 amide bonds. The second-order valence-electron chi connectivity index (χ2n) is 11.2. The highest BCUT2D eigenvalue weighted by molar-refractivity contribution is 7.10. The lowest BCUT2D eigenvalue weighted by Gasteiger charge is -2.33. The lowest BCUT2D eigenvalue weighted by atomic mass is 9.98. The van der Waals surface area contributed by atoms with Crippen LogP contribution in [0.25, 0.3) is 22.6 Å². The molecule has 1 saturated heterocycles. The van der Waals surface area contributed by atoms with Gasteiger partial charge in [0, 0.05) is 40.5 Å². The van der Waals surface area contributed by atoms with Crippen LogP contribution in [0.3, 0.4) is 0 Å². The molecule has 5 rings (SSSR count). The summed E-state index contributed by atoms with van der Waals surface area (Å²) in [5.41, 5.74) is 2.07. The normalized spacial score (nSPS) is 13.9. The minimum atomic E-state index is -0.496. The van der Waals surface area contributed by atoms with Crippen molar-refractivity contribution in [2.45, 2.75) is 45.8 Å². The quantitative estimate of drug-likeness (QED) is 0.284. The molecular weight excluding hydrogens is 552 g/mol. The Labute approximate surface area is 248 Å². The number of benzene rings is 1. The van der Waals surface area contributed by atoms with Gasteiger partial charge in [-0.15, -0.1) is 11.3 Å². The number of amides is 1. The van der Waals surface area contributed by atoms with E-state index in [1.807, 2.05) is 38.3 Å². The van der Waals surface area contributed by atoms with E-state index in [1.54, 1.807) is 41.6 Å². The monoisotopic (exact) mass is 584 g/mol. The van der Waals surface area contributed by atoms with E-state index in [0.29, 0.717) is 55.0 Å². The smallest absolute Gasteiger partial charge is 0.410 e. The van der Waals surface area contributed by atoms with Gasteiger partial charge in [-0.2, -0.15) is 10.4 Å². The van der Waals surface area contributed by atoms with E-state index in [0.717, 1.165) is 28.8 Å². The molecule has 0 radical (unpaired) electrons. The van der Waals surface area contributed by atoms with Crippen LogP contribution in [0, 0.1) is 17.2 Å². The molecule has 42 heavy (non-hydrogen) atoms. The highest BCUT2D eigenvalue weighted by Gasteiger charge is 2.27. The molecule has 0 bridgehead atoms. The minimum Gasteiger partial charge on any atom is -0.490 e. The van der Waals surface area contributed by atoms with Gasteiger partial charge >= 0.3 is 6.09 Å². The van der Waals surface area contributed by atoms with Crippen LogP contribution in [0.1, 0.15) is 44.1 Å². The summed E-state index contributed by atoms with van der Waals surface area (Å²) >= 11 is 1.50. The summed E-state index contributed by atoms with van der Waals surface area (Å²) in [4.78, 5) is 36.4. The molecule has 1 aliphatic rings. The van der Waals surface area contributed by atoms with Crippen LogP contribution in [-0.4, -0.2) is 56.0 Å². The number of likely N-dealkylation sites (tertiary alicyclic amines) is 1. The number of hydrogen-bond donors (Lipinski definition) is 0. The van der Waals surface area contributed by atoms with E-state index < -0.39 is 5.60 Å². The number of nitriles is 1. The van der Waals surface area contributed by atoms with Crippen molar-refractivity contribution in [2.24, 2.45) is 5.92 Å². The zero-order chi connectivity index (χ0) is 29.7. The van der Waals surface area contributed by atoms with Gasteiger partial charge in [0.05, 0.1) is 42.9 Å². The van der Waals surface area contributed by atoms with E-state index in [1.165, 1.54) is 22.1 Å². The van der Waals surface area contributed by atoms with Gasteiger partial charge in [-0.25, -0.2) is 19.4 Å². The largest absolute Gasteiger partial charge is 0.490 e. The minimum absolute atomic E-state index is 0.210. The lowest BCUT2D eigenvalue weighted by molar-refractivity contribution is 0.0165. The first-order chi connectivity index (χ1) is 20.2. The van der Waals surface area contributed by atoms with Crippen molar-refractivity contribution in [2.75, 3.05) is 19.7 Å². The van der Waals surface area contributed by atoms with Crippen molar-refractivity contribution in [3.05, 3.63) is 81.0 Å². The van der Waals surface area contributed by atoms with Crippen molar-refractivity contribution in [3.8, 4) is 34.5 Å². The zero-order valence-electron chi connectivity index (χ0n) is 23.8. The van der Waals surface area contributed by atoms with Crippen molar-refractivity contribution >= 4 is 17.4 Å². The average Bonchev–Trinajstić information content (AvgIpc) is 3.45. The fourth-order valence-electron chi connectivity index (χ4n) is 4.56. The van der Waals surface area contributed by atoms with Gasteiger partial charge in [-0.1, -0.05) is 12.1 Å². The summed E-state index contributed by atoms with van der Waals surface area (Å²) in [6.07, 6.45) is 4.77. The predicted octanol–water partition coefficient (Wildman–Crippen LogP) is 5.37. The molecular formula is C31H32N6O4S. The Hall–Kier alpha value is -4.56. The average molecular weight is 585 g/mol. The zero-order valence-corrected chi connectivity index (χ0v) is 24.6. The van der Waals surface area contributed by atoms with Gasteiger partial charge in [0.1, 0.15) is 5.60 Å². The maximum absolute atomic E-state index is 12.5. The van der Waals surface area contributed by atoms with Crippen molar-refractivity contribution in [1.82, 2.24) is 24.6 Å². The van der Waals surface area contributed by atoms with Crippen molar-refractivity contribution in [3.63, 3.8) is 0 Å². The van der Waals surface area contributed by atoms with Crippen LogP contribution in [-0.2, 0) is 11.3 Å². The highest BCUT2D eigenvalue weighted by Crippen LogP contribution is 2.25. The summed E-state index contributed by atoms with van der Waals surface area (Å²) in [7, 11) is 0. The molecule has 0 atom stereocenters. The number of ether oxygens (including phenoxy) is 2. The molecule has 1 aromatic carbocycles. The maximum atomic E-state index is 12.5. The Morgan fingerprint density at radius 2 is 1.86 bits per heavy atom. The summed E-state index contributed by atoms with van der Waals surface area (Å²) in [6.45, 7) is 7.76. The maximum Gasteiger partial charge on any atom is 0.410 e. The van der Waals surface area contributed by atoms with E-state index in [2.05, 4.69) is 21.1 Å². The van der Waals surface area contributed by atoms with Gasteiger partial charge in [0.25, 0.3) is 5.56 Å². The molecule has 4 aromatic rings. The fourth-order valence-corrected chi connectivity index (χ4v) is 5.40. The Kier molecular flexibility index (Phi) is 8.64. The standard InChI is InChI=1S/C31H32N6O4S/c1-31(2,3)41-30(39)36-11-9-21(10-12-36)19-40-25-16-33-29(34-17-25)24-14-26(42-20-24)18-37-28(38)8-7-27(35-37)23-6-4-5-22(13-23)15-32/h4-8,13-14,16-17,20-21H,9-12,18-19H2,1-3H3. The number of piperidine rings is 1. The molecule has 216 valence electrons. The SMILES string of the molecule is CC(C)(C)OC(=O)N1CCC(COc2cnc(-c3csc(Cn4nc(-c5cccc(C#N)c5)ccc4=O)c3)nc2)CC1. The molecule has 11 heteroatoms. The van der Waals surface area contributed by atoms with E-state index >= 15 is 0 Å². The number of thiophene rings is 1. The lowest BCUT2D eigenvalue weighted by Crippen LogP contribution is -2.42. The van der Waals surface area contributed by atoms with Gasteiger partial charge in [-0.3, -0.25) is 4.79 Å². The van der Waals surface area contributed by atoms with Gasteiger partial charge in [-0.05, 0) is 63.8 Å². The number of carbonyl (C=O) groups is 1. The molecule has 3 aromatic heterocycles. The van der Waals surface area contributed by atoms with Crippen LogP contribution in [0.4, 0.5) is 4.79 Å². The molecule has 0 saturated carbocycles. The molecule has 0 N–H and O–H groups in total. The molecule has 1 aliphatic heterocycles. The van der Waals surface area contributed by atoms with Gasteiger partial charge in [0.15, 0.2) is 11.6 Å². The second kappa shape index (κ2) is 12.5. The molecule has 10 nitrogen and oxygen atoms in total. The topological polar surface area (TPSA) is 123 Å². The van der Waals surface area contributed by atoms with Crippen molar-refractivity contribution in [1.29, 1.82) is 5.26 Å². The Morgan fingerprint density at radius 1 is 1.10 bits per heavy atom. The summed E-state index contributed by atoms with van der Waals surface area (Å²) in [6, 6.07) is 14.4. The third kappa shape index (κ3) is 7.39. The van der Waals surface area contributed by atoms with Gasteiger partial charge < -0.3 is 14.4 Å². The number of rotatable bonds is 7. The predicted molar refractivity (Wildman–Crippen MR) is 159 cm³/mol. The van der Waals surface area contributed by atoms with Crippen molar-refractivity contribution < 1.29 is 14.3 Å². The van der Waals surface area contributed by atoms with Crippen LogP contribution in [0.5, 0.6) is 5.75 Å². The Balaban J connectivity index is 1.15. The highest BCUT2D eigenvalue weighted by atomic mass is 32.1. The summed E-state index contributed by atoms with van der Waals surface area (Å²) < 4.78 is 12.8. The third-order valence-corrected chi connectivity index (χ3v) is 7.67. The first-order valence-corrected chi connectivity index (χ1v) is 14.6. The first kappa shape index (κ1) is 29.0. The molecule has 1 fully saturated rings. The molecule has 0 spiro atoms. The van der Waals surface area contributed by atoms with E-state index in [9.17, 15) is 14.9 Å². The van der Waals surface area contributed by atoms with Gasteiger partial charge in [0.2, 0.25) is 0 Å². The summed E-state index contributed by atoms with van der Waals surface area (Å²) in [5, 5.41) is 15.7. The van der Waals surface area contributed by atoms with Crippen LogP contribution >= 0.6 is 11.3 Å². The van der Waals surface area contributed by atoms with E-state index in [4.69, 9.17) is 9.47 Å². The number of hydrogen-bond acceptors (Lipinski definition) is 9. The second-order valence-corrected chi connectivity index (χ2v) is 12.2. The van der Waals surface area contributed by atoms with Crippen LogP contribution in [0.15, 0.2) is 65.0 Å². The van der Waals surface area contributed by atoms with Crippen LogP contribution in [0.2, 0.25) is 0 Å². The first-order valence-electron chi connectivity index (χ1n) is 13.8. The Morgan fingerprint density at radius 3 is 2.57 bits per heavy atom. The van der Waals surface area contributed by atoms with E-state index in [-0.39, 0.29) is 11.7 Å². The summed E-state index contributed by atoms with van der Waals surface area (Å²) in [5.74, 6) is 1.50. The molecule has 0 aliphatic carbocycles. The fraction of sp³-hybridized carbons (Fsp3) is 0.355. The number of carbonyl (C=O) groups excluding carboxylic acids is 1. The number of aromatic nitrogens is 4. The molecule has 0 unspecified atom stereocenters. The third-order valence-electron chi connectivity index (χ3n) is 6.75. The Bertz CT molecular complexity index is 1640. The molecule has 4 heterocycles. The number of nitrogens with zero attached hydrogens (tertiary/aromatic N) is 6. The van der Waals surface area contributed by atoms with Crippen LogP contribution < -0.4 is 10.3 Å².